The molecule has 6 heteroatoms. The number of hydrogen-bond acceptors (Lipinski definition) is 4. The molecule has 9 aromatic rings. The van der Waals surface area contributed by atoms with Crippen molar-refractivity contribution in [2.45, 2.75) is 0 Å². The largest absolute Gasteiger partial charge is 0.311 e. The molecule has 1 spiro atoms. The number of fused-ring (bicyclic) bond motifs is 11. The summed E-state index contributed by atoms with van der Waals surface area (Å²) >= 11 is 0. The molecule has 0 N–H and O–H groups in total. The predicted molar refractivity (Wildman–Crippen MR) is 216 cm³/mol. The first-order chi connectivity index (χ1) is 25.8. The van der Waals surface area contributed by atoms with Crippen LogP contribution in [0.4, 0.5) is 34.1 Å². The van der Waals surface area contributed by atoms with E-state index in [1.807, 2.05) is 18.6 Å². The van der Waals surface area contributed by atoms with Crippen LogP contribution in [-0.2, 0) is 0 Å². The van der Waals surface area contributed by atoms with Crippen LogP contribution in [-0.4, -0.2) is 22.6 Å². The molecule has 3 aromatic heterocycles. The summed E-state index contributed by atoms with van der Waals surface area (Å²) in [5.74, 6) is 0.877. The summed E-state index contributed by atoms with van der Waals surface area (Å²) in [6.07, 6.45) is 5.84. The summed E-state index contributed by atoms with van der Waals surface area (Å²) in [5, 5.41) is 7.83. The van der Waals surface area contributed by atoms with Crippen molar-refractivity contribution in [2.24, 2.45) is 0 Å². The van der Waals surface area contributed by atoms with E-state index >= 15 is 0 Å². The number of anilines is 6. The first-order valence-corrected chi connectivity index (χ1v) is 19.7. The molecule has 0 atom stereocenters. The Morgan fingerprint density at radius 1 is 0.385 bits per heavy atom. The van der Waals surface area contributed by atoms with Crippen LogP contribution in [0.2, 0.25) is 0 Å². The molecule has 5 nitrogen and oxygen atoms in total. The second kappa shape index (κ2) is 11.1. The molecule has 0 fully saturated rings. The van der Waals surface area contributed by atoms with E-state index in [9.17, 15) is 0 Å². The van der Waals surface area contributed by atoms with Crippen LogP contribution in [0.15, 0.2) is 188 Å². The molecule has 0 unspecified atom stereocenters. The summed E-state index contributed by atoms with van der Waals surface area (Å²) in [4.78, 5) is 14.5. The van der Waals surface area contributed by atoms with Gasteiger partial charge in [-0.05, 0) is 81.4 Å². The van der Waals surface area contributed by atoms with Gasteiger partial charge in [0.05, 0.1) is 22.9 Å². The fraction of sp³-hybridized carbons (Fsp3) is 0. The van der Waals surface area contributed by atoms with Gasteiger partial charge in [0.1, 0.15) is 5.82 Å². The van der Waals surface area contributed by atoms with Crippen LogP contribution < -0.4 is 30.5 Å². The fourth-order valence-electron chi connectivity index (χ4n) is 8.91. The maximum Gasteiger partial charge on any atom is 0.188 e. The topological polar surface area (TPSA) is 37.2 Å². The highest BCUT2D eigenvalue weighted by Crippen LogP contribution is 2.44. The van der Waals surface area contributed by atoms with Crippen LogP contribution in [0.5, 0.6) is 0 Å². The lowest BCUT2D eigenvalue weighted by atomic mass is 10.1. The molecular formula is C46H31N5Si. The lowest BCUT2D eigenvalue weighted by Gasteiger charge is -2.49. The third-order valence-corrected chi connectivity index (χ3v) is 15.8. The minimum atomic E-state index is -2.83. The third kappa shape index (κ3) is 3.87. The Hall–Kier alpha value is -6.76. The Balaban J connectivity index is 1.14. The Labute approximate surface area is 302 Å². The first-order valence-electron chi connectivity index (χ1n) is 17.7. The Morgan fingerprint density at radius 2 is 0.885 bits per heavy atom. The van der Waals surface area contributed by atoms with Gasteiger partial charge >= 0.3 is 0 Å². The van der Waals surface area contributed by atoms with Crippen molar-refractivity contribution in [1.29, 1.82) is 0 Å². The Morgan fingerprint density at radius 3 is 1.46 bits per heavy atom. The second-order valence-corrected chi connectivity index (χ2v) is 17.1. The standard InChI is InChI=1S/C46H31N5Si/c1-2-14-32(15-3-1)49-38-18-6-10-22-42(38)52(43-23-11-7-19-39(43)49)44-24-12-8-20-40(44)50(41-21-9-13-25-45(41)52)33-26-27-46(48-30-33)51-36-17-5-4-16-34(36)35-31-47-29-28-37(35)51/h1-31H. The van der Waals surface area contributed by atoms with E-state index in [0.717, 1.165) is 33.6 Å². The van der Waals surface area contributed by atoms with E-state index in [-0.39, 0.29) is 0 Å². The lowest BCUT2D eigenvalue weighted by molar-refractivity contribution is 1.07. The van der Waals surface area contributed by atoms with Crippen LogP contribution in [0.1, 0.15) is 0 Å². The van der Waals surface area contributed by atoms with Crippen LogP contribution in [0.3, 0.4) is 0 Å². The fourth-order valence-corrected chi connectivity index (χ4v) is 14.4. The zero-order chi connectivity index (χ0) is 34.2. The van der Waals surface area contributed by atoms with Gasteiger partial charge in [0.25, 0.3) is 0 Å². The molecule has 0 bridgehead atoms. The maximum absolute atomic E-state index is 5.17. The van der Waals surface area contributed by atoms with E-state index in [2.05, 4.69) is 189 Å². The van der Waals surface area contributed by atoms with Gasteiger partial charge < -0.3 is 9.80 Å². The van der Waals surface area contributed by atoms with Crippen molar-refractivity contribution in [3.63, 3.8) is 0 Å². The van der Waals surface area contributed by atoms with Gasteiger partial charge in [-0.2, -0.15) is 0 Å². The van der Waals surface area contributed by atoms with Gasteiger partial charge in [0.15, 0.2) is 8.07 Å². The number of para-hydroxylation sites is 6. The normalized spacial score (nSPS) is 13.8. The molecule has 0 amide bonds. The second-order valence-electron chi connectivity index (χ2n) is 13.4. The van der Waals surface area contributed by atoms with Crippen molar-refractivity contribution in [2.75, 3.05) is 9.80 Å². The highest BCUT2D eigenvalue weighted by atomic mass is 28.3. The molecule has 0 saturated heterocycles. The molecule has 11 rings (SSSR count). The van der Waals surface area contributed by atoms with Gasteiger partial charge in [0.2, 0.25) is 0 Å². The number of aromatic nitrogens is 3. The first kappa shape index (κ1) is 29.0. The van der Waals surface area contributed by atoms with Crippen molar-refractivity contribution in [3.05, 3.63) is 188 Å². The summed E-state index contributed by atoms with van der Waals surface area (Å²) in [7, 11) is -2.83. The van der Waals surface area contributed by atoms with Crippen LogP contribution in [0, 0.1) is 0 Å². The summed E-state index contributed by atoms with van der Waals surface area (Å²) in [6.45, 7) is 0. The summed E-state index contributed by atoms with van der Waals surface area (Å²) in [5.41, 5.74) is 9.28. The van der Waals surface area contributed by atoms with Crippen LogP contribution >= 0.6 is 0 Å². The zero-order valence-corrected chi connectivity index (χ0v) is 29.1. The molecule has 52 heavy (non-hydrogen) atoms. The van der Waals surface area contributed by atoms with Gasteiger partial charge in [-0.25, -0.2) is 4.98 Å². The van der Waals surface area contributed by atoms with Crippen LogP contribution in [0.25, 0.3) is 27.6 Å². The van der Waals surface area contributed by atoms with Gasteiger partial charge in [-0.3, -0.25) is 9.55 Å². The molecule has 0 radical (unpaired) electrons. The van der Waals surface area contributed by atoms with E-state index in [4.69, 9.17) is 4.98 Å². The number of hydrogen-bond donors (Lipinski definition) is 0. The van der Waals surface area contributed by atoms with Crippen molar-refractivity contribution in [3.8, 4) is 5.82 Å². The van der Waals surface area contributed by atoms with Crippen molar-refractivity contribution < 1.29 is 0 Å². The molecule has 0 aliphatic carbocycles. The number of benzene rings is 6. The van der Waals surface area contributed by atoms with Gasteiger partial charge in [-0.15, -0.1) is 0 Å². The maximum atomic E-state index is 5.17. The van der Waals surface area contributed by atoms with Crippen molar-refractivity contribution >= 4 is 84.8 Å². The predicted octanol–water partition coefficient (Wildman–Crippen LogP) is 8.52. The quantitative estimate of drug-likeness (QED) is 0.175. The molecule has 5 heterocycles. The van der Waals surface area contributed by atoms with E-state index in [0.29, 0.717) is 0 Å². The van der Waals surface area contributed by atoms with Gasteiger partial charge in [0, 0.05) is 51.6 Å². The smallest absolute Gasteiger partial charge is 0.188 e. The minimum Gasteiger partial charge on any atom is -0.311 e. The SMILES string of the molecule is c1ccc(N2c3ccccc3[Si]3(c4ccccc42)c2ccccc2N(c2ccc(-n4c5ccccc5c5cnccc54)nc2)c2ccccc23)cc1. The Bertz CT molecular complexity index is 2680. The number of rotatable bonds is 3. The van der Waals surface area contributed by atoms with Gasteiger partial charge in [-0.1, -0.05) is 109 Å². The van der Waals surface area contributed by atoms with E-state index in [1.54, 1.807) is 0 Å². The molecule has 244 valence electrons. The third-order valence-electron chi connectivity index (χ3n) is 10.9. The molecule has 0 saturated carbocycles. The van der Waals surface area contributed by atoms with E-state index < -0.39 is 8.07 Å². The van der Waals surface area contributed by atoms with Crippen molar-refractivity contribution in [1.82, 2.24) is 14.5 Å². The summed E-state index contributed by atoms with van der Waals surface area (Å²) in [6, 6.07) is 62.0. The molecular weight excluding hydrogens is 651 g/mol. The monoisotopic (exact) mass is 681 g/mol. The lowest BCUT2D eigenvalue weighted by Crippen LogP contribution is -2.79. The highest BCUT2D eigenvalue weighted by molar-refractivity contribution is 7.23. The average molecular weight is 682 g/mol. The minimum absolute atomic E-state index is 0.877. The highest BCUT2D eigenvalue weighted by Gasteiger charge is 2.53. The zero-order valence-electron chi connectivity index (χ0n) is 28.1. The molecule has 2 aliphatic heterocycles. The molecule has 2 aliphatic rings. The Kier molecular flexibility index (Phi) is 6.20. The average Bonchev–Trinajstić information content (AvgIpc) is 3.56. The summed E-state index contributed by atoms with van der Waals surface area (Å²) < 4.78 is 2.24. The molecule has 6 aromatic carbocycles. The number of pyridine rings is 2. The van der Waals surface area contributed by atoms with E-state index in [1.165, 1.54) is 48.9 Å². The number of nitrogens with zero attached hydrogens (tertiary/aromatic N) is 5.